The summed E-state index contributed by atoms with van der Waals surface area (Å²) in [5.41, 5.74) is 6.84. The van der Waals surface area contributed by atoms with Gasteiger partial charge in [-0.3, -0.25) is 4.79 Å². The molecule has 0 aliphatic heterocycles. The number of fused-ring (bicyclic) bond motifs is 3. The topological polar surface area (TPSA) is 57.2 Å². The van der Waals surface area contributed by atoms with Crippen LogP contribution < -0.4 is 10.5 Å². The molecule has 0 bridgehead atoms. The van der Waals surface area contributed by atoms with Crippen molar-refractivity contribution in [3.05, 3.63) is 77.4 Å². The van der Waals surface area contributed by atoms with E-state index in [1.807, 2.05) is 18.2 Å². The Hall–Kier alpha value is -3.48. The maximum atomic E-state index is 13.4. The van der Waals surface area contributed by atoms with Crippen LogP contribution in [0.5, 0.6) is 5.75 Å². The van der Waals surface area contributed by atoms with Crippen molar-refractivity contribution in [2.75, 3.05) is 7.11 Å². The summed E-state index contributed by atoms with van der Waals surface area (Å²) in [5.74, 6) is -0.00706. The number of nitrogens with two attached hydrogens (primary N) is 1. The molecule has 29 heavy (non-hydrogen) atoms. The Labute approximate surface area is 164 Å². The molecule has 4 rings (SSSR count). The van der Waals surface area contributed by atoms with Crippen LogP contribution in [-0.4, -0.2) is 17.6 Å². The first-order valence-corrected chi connectivity index (χ1v) is 8.85. The van der Waals surface area contributed by atoms with Gasteiger partial charge in [0.15, 0.2) is 0 Å². The number of benzene rings is 3. The highest BCUT2D eigenvalue weighted by Gasteiger charge is 2.31. The van der Waals surface area contributed by atoms with E-state index in [2.05, 4.69) is 0 Å². The van der Waals surface area contributed by atoms with Gasteiger partial charge in [-0.15, -0.1) is 0 Å². The highest BCUT2D eigenvalue weighted by atomic mass is 19.4. The fraction of sp³-hybridized carbons (Fsp3) is 0.136. The third-order valence-electron chi connectivity index (χ3n) is 5.00. The van der Waals surface area contributed by atoms with E-state index in [0.717, 1.165) is 17.7 Å². The van der Waals surface area contributed by atoms with Crippen molar-refractivity contribution in [2.24, 2.45) is 5.73 Å². The van der Waals surface area contributed by atoms with E-state index in [9.17, 15) is 18.0 Å². The number of carbonyl (C=O) groups excluding carboxylic acids is 1. The summed E-state index contributed by atoms with van der Waals surface area (Å²) in [4.78, 5) is 12.0. The highest BCUT2D eigenvalue weighted by molar-refractivity contribution is 6.18. The van der Waals surface area contributed by atoms with Gasteiger partial charge >= 0.3 is 6.18 Å². The SMILES string of the molecule is COc1ccccc1Cn1c2cc(C(F)(F)F)ccc2c2c(C(N)=O)cccc21. The molecule has 1 aromatic heterocycles. The lowest BCUT2D eigenvalue weighted by Gasteiger charge is -2.12. The Kier molecular flexibility index (Phi) is 4.45. The van der Waals surface area contributed by atoms with Crippen molar-refractivity contribution in [3.63, 3.8) is 0 Å². The zero-order valence-electron chi connectivity index (χ0n) is 15.5. The first kappa shape index (κ1) is 18.9. The van der Waals surface area contributed by atoms with E-state index >= 15 is 0 Å². The van der Waals surface area contributed by atoms with Gasteiger partial charge in [0.2, 0.25) is 5.91 Å². The molecule has 1 amide bonds. The monoisotopic (exact) mass is 398 g/mol. The Morgan fingerprint density at radius 1 is 1.03 bits per heavy atom. The van der Waals surface area contributed by atoms with Crippen LogP contribution in [0.3, 0.4) is 0 Å². The zero-order chi connectivity index (χ0) is 20.8. The van der Waals surface area contributed by atoms with E-state index < -0.39 is 17.6 Å². The second kappa shape index (κ2) is 6.84. The minimum absolute atomic E-state index is 0.269. The maximum Gasteiger partial charge on any atom is 0.416 e. The van der Waals surface area contributed by atoms with Crippen LogP contribution in [0.1, 0.15) is 21.5 Å². The second-order valence-electron chi connectivity index (χ2n) is 6.69. The fourth-order valence-corrected chi connectivity index (χ4v) is 3.70. The van der Waals surface area contributed by atoms with E-state index in [0.29, 0.717) is 27.6 Å². The number of rotatable bonds is 4. The number of hydrogen-bond donors (Lipinski definition) is 1. The van der Waals surface area contributed by atoms with Crippen LogP contribution in [0.4, 0.5) is 13.2 Å². The molecule has 0 spiro atoms. The minimum Gasteiger partial charge on any atom is -0.496 e. The lowest BCUT2D eigenvalue weighted by Crippen LogP contribution is -2.11. The van der Waals surface area contributed by atoms with E-state index in [-0.39, 0.29) is 12.1 Å². The Balaban J connectivity index is 2.06. The lowest BCUT2D eigenvalue weighted by atomic mass is 10.0. The number of amides is 1. The third kappa shape index (κ3) is 3.18. The van der Waals surface area contributed by atoms with Gasteiger partial charge in [-0.2, -0.15) is 13.2 Å². The largest absolute Gasteiger partial charge is 0.496 e. The molecular formula is C22H17F3N2O2. The normalized spacial score (nSPS) is 11.9. The molecule has 0 unspecified atom stereocenters. The molecule has 4 nitrogen and oxygen atoms in total. The fourth-order valence-electron chi connectivity index (χ4n) is 3.70. The van der Waals surface area contributed by atoms with Crippen LogP contribution in [0.2, 0.25) is 0 Å². The van der Waals surface area contributed by atoms with Gasteiger partial charge in [0.25, 0.3) is 0 Å². The number of nitrogens with zero attached hydrogens (tertiary/aromatic N) is 1. The van der Waals surface area contributed by atoms with Crippen LogP contribution in [0.25, 0.3) is 21.8 Å². The summed E-state index contributed by atoms with van der Waals surface area (Å²) in [6, 6.07) is 15.8. The number of halogens is 3. The first-order chi connectivity index (χ1) is 13.8. The molecule has 4 aromatic rings. The first-order valence-electron chi connectivity index (χ1n) is 8.85. The molecule has 0 radical (unpaired) electrons. The quantitative estimate of drug-likeness (QED) is 0.528. The Morgan fingerprint density at radius 2 is 1.79 bits per heavy atom. The van der Waals surface area contributed by atoms with Crippen molar-refractivity contribution in [1.29, 1.82) is 0 Å². The van der Waals surface area contributed by atoms with E-state index in [1.54, 1.807) is 28.8 Å². The van der Waals surface area contributed by atoms with Gasteiger partial charge in [0.05, 0.1) is 30.3 Å². The lowest BCUT2D eigenvalue weighted by molar-refractivity contribution is -0.137. The van der Waals surface area contributed by atoms with Crippen molar-refractivity contribution in [1.82, 2.24) is 4.57 Å². The Bertz CT molecular complexity index is 1240. The summed E-state index contributed by atoms with van der Waals surface area (Å²) < 4.78 is 47.2. The predicted molar refractivity (Wildman–Crippen MR) is 105 cm³/mol. The smallest absolute Gasteiger partial charge is 0.416 e. The standard InChI is InChI=1S/C22H17F3N2O2/c1-29-19-8-3-2-5-13(19)12-27-17-7-4-6-16(21(26)28)20(17)15-10-9-14(11-18(15)27)22(23,24)25/h2-11H,12H2,1H3,(H2,26,28). The number of carbonyl (C=O) groups is 1. The molecule has 0 aliphatic rings. The van der Waals surface area contributed by atoms with E-state index in [1.165, 1.54) is 13.2 Å². The number of aromatic nitrogens is 1. The van der Waals surface area contributed by atoms with Gasteiger partial charge in [-0.25, -0.2) is 0 Å². The summed E-state index contributed by atoms with van der Waals surface area (Å²) in [6.07, 6.45) is -4.48. The van der Waals surface area contributed by atoms with Crippen molar-refractivity contribution in [2.45, 2.75) is 12.7 Å². The molecule has 0 fully saturated rings. The predicted octanol–water partition coefficient (Wildman–Crippen LogP) is 4.97. The molecule has 0 aliphatic carbocycles. The molecule has 0 atom stereocenters. The molecule has 2 N–H and O–H groups in total. The summed E-state index contributed by atoms with van der Waals surface area (Å²) >= 11 is 0. The number of hydrogen-bond acceptors (Lipinski definition) is 2. The van der Waals surface area contributed by atoms with Gasteiger partial charge in [0.1, 0.15) is 5.75 Å². The average molecular weight is 398 g/mol. The third-order valence-corrected chi connectivity index (χ3v) is 5.00. The summed E-state index contributed by atoms with van der Waals surface area (Å²) in [6.45, 7) is 0.271. The number of alkyl halides is 3. The van der Waals surface area contributed by atoms with Gasteiger partial charge in [-0.05, 0) is 30.3 Å². The van der Waals surface area contributed by atoms with Gasteiger partial charge < -0.3 is 15.0 Å². The molecule has 148 valence electrons. The van der Waals surface area contributed by atoms with Crippen LogP contribution in [0, 0.1) is 0 Å². The minimum atomic E-state index is -4.48. The maximum absolute atomic E-state index is 13.4. The second-order valence-corrected chi connectivity index (χ2v) is 6.69. The Morgan fingerprint density at radius 3 is 2.48 bits per heavy atom. The van der Waals surface area contributed by atoms with Gasteiger partial charge in [-0.1, -0.05) is 30.3 Å². The van der Waals surface area contributed by atoms with Crippen molar-refractivity contribution >= 4 is 27.7 Å². The number of primary amides is 1. The zero-order valence-corrected chi connectivity index (χ0v) is 15.5. The van der Waals surface area contributed by atoms with Crippen LogP contribution >= 0.6 is 0 Å². The molecule has 0 saturated heterocycles. The van der Waals surface area contributed by atoms with Crippen molar-refractivity contribution in [3.8, 4) is 5.75 Å². The molecule has 0 saturated carbocycles. The number of methoxy groups -OCH3 is 1. The molecule has 1 heterocycles. The van der Waals surface area contributed by atoms with Crippen molar-refractivity contribution < 1.29 is 22.7 Å². The molecular weight excluding hydrogens is 381 g/mol. The molecule has 3 aromatic carbocycles. The van der Waals surface area contributed by atoms with E-state index in [4.69, 9.17) is 10.5 Å². The van der Waals surface area contributed by atoms with Crippen LogP contribution in [0.15, 0.2) is 60.7 Å². The summed E-state index contributed by atoms with van der Waals surface area (Å²) in [7, 11) is 1.54. The molecule has 7 heteroatoms. The van der Waals surface area contributed by atoms with Gasteiger partial charge in [0, 0.05) is 21.9 Å². The van der Waals surface area contributed by atoms with Crippen LogP contribution in [-0.2, 0) is 12.7 Å². The number of para-hydroxylation sites is 1. The number of ether oxygens (including phenoxy) is 1. The highest BCUT2D eigenvalue weighted by Crippen LogP contribution is 2.37. The average Bonchev–Trinajstić information content (AvgIpc) is 3.01. The summed E-state index contributed by atoms with van der Waals surface area (Å²) in [5, 5.41) is 1.08.